The molecule has 0 amide bonds. The molecule has 1 aliphatic rings. The molecule has 2 unspecified atom stereocenters. The van der Waals surface area contributed by atoms with Crippen molar-refractivity contribution in [2.75, 3.05) is 6.61 Å². The van der Waals surface area contributed by atoms with Gasteiger partial charge in [0.2, 0.25) is 6.29 Å². The second-order valence-corrected chi connectivity index (χ2v) is 7.60. The van der Waals surface area contributed by atoms with E-state index in [1.54, 1.807) is 0 Å². The maximum atomic E-state index is 12.0. The van der Waals surface area contributed by atoms with Crippen LogP contribution in [0.25, 0.3) is 0 Å². The van der Waals surface area contributed by atoms with Gasteiger partial charge >= 0.3 is 11.8 Å². The minimum Gasteiger partial charge on any atom is -0.434 e. The van der Waals surface area contributed by atoms with Crippen LogP contribution in [0.15, 0.2) is 34.0 Å². The zero-order valence-corrected chi connectivity index (χ0v) is 17.9. The van der Waals surface area contributed by atoms with E-state index >= 15 is 0 Å². The van der Waals surface area contributed by atoms with Crippen LogP contribution in [0.2, 0.25) is 5.02 Å². The van der Waals surface area contributed by atoms with Crippen molar-refractivity contribution in [3.8, 4) is 0 Å². The highest BCUT2D eigenvalue weighted by Gasteiger charge is 2.42. The molecule has 1 aromatic heterocycles. The lowest BCUT2D eigenvalue weighted by atomic mass is 10.1. The number of nitro groups is 1. The SMILES string of the molecule is Cc1cn([C@H]2CC(O)[C@@H](C(O)OC(=O)OCCc3c(Cl)cccc3[N+](=O)[O-])O2)c(=O)[nH]c1=O. The predicted octanol–water partition coefficient (Wildman–Crippen LogP) is 0.769. The molecule has 13 nitrogen and oxygen atoms in total. The number of aromatic amines is 1. The first-order valence-corrected chi connectivity index (χ1v) is 10.0. The highest BCUT2D eigenvalue weighted by Crippen LogP contribution is 2.30. The third-order valence-corrected chi connectivity index (χ3v) is 5.31. The Morgan fingerprint density at radius 1 is 1.45 bits per heavy atom. The average molecular weight is 486 g/mol. The minimum atomic E-state index is -1.94. The van der Waals surface area contributed by atoms with Crippen LogP contribution >= 0.6 is 11.6 Å². The van der Waals surface area contributed by atoms with Crippen LogP contribution in [0.4, 0.5) is 10.5 Å². The number of aliphatic hydroxyl groups excluding tert-OH is 2. The molecule has 3 rings (SSSR count). The number of aromatic nitrogens is 2. The monoisotopic (exact) mass is 485 g/mol. The number of aryl methyl sites for hydroxylation is 1. The number of carbonyl (C=O) groups is 1. The number of H-pyrrole nitrogens is 1. The number of benzene rings is 1. The number of hydrogen-bond acceptors (Lipinski definition) is 10. The van der Waals surface area contributed by atoms with E-state index in [9.17, 15) is 34.7 Å². The third kappa shape index (κ3) is 5.57. The number of nitrogens with zero attached hydrogens (tertiary/aromatic N) is 2. The number of ether oxygens (including phenoxy) is 3. The lowest BCUT2D eigenvalue weighted by molar-refractivity contribution is -0.385. The fraction of sp³-hybridized carbons (Fsp3) is 0.421. The Balaban J connectivity index is 1.56. The Kier molecular flexibility index (Phi) is 7.48. The van der Waals surface area contributed by atoms with E-state index in [0.717, 1.165) is 4.57 Å². The van der Waals surface area contributed by atoms with Crippen LogP contribution in [-0.4, -0.2) is 55.9 Å². The Labute approximate surface area is 190 Å². The van der Waals surface area contributed by atoms with Crippen molar-refractivity contribution in [2.45, 2.75) is 44.5 Å². The Morgan fingerprint density at radius 2 is 2.18 bits per heavy atom. The summed E-state index contributed by atoms with van der Waals surface area (Å²) in [6.45, 7) is 1.14. The van der Waals surface area contributed by atoms with Gasteiger partial charge in [0.25, 0.3) is 11.2 Å². The predicted molar refractivity (Wildman–Crippen MR) is 111 cm³/mol. The number of aliphatic hydroxyl groups is 2. The lowest BCUT2D eigenvalue weighted by Gasteiger charge is -2.21. The largest absolute Gasteiger partial charge is 0.510 e. The fourth-order valence-electron chi connectivity index (χ4n) is 3.31. The first kappa shape index (κ1) is 24.4. The third-order valence-electron chi connectivity index (χ3n) is 4.95. The van der Waals surface area contributed by atoms with Crippen LogP contribution in [0.5, 0.6) is 0 Å². The van der Waals surface area contributed by atoms with Gasteiger partial charge in [-0.3, -0.25) is 24.5 Å². The second-order valence-electron chi connectivity index (χ2n) is 7.19. The topological polar surface area (TPSA) is 183 Å². The number of halogens is 1. The van der Waals surface area contributed by atoms with Gasteiger partial charge in [-0.05, 0) is 13.0 Å². The fourth-order valence-corrected chi connectivity index (χ4v) is 3.57. The number of hydrogen-bond donors (Lipinski definition) is 3. The Bertz CT molecular complexity index is 1160. The Morgan fingerprint density at radius 3 is 2.88 bits per heavy atom. The molecule has 2 heterocycles. The first-order valence-electron chi connectivity index (χ1n) is 9.67. The minimum absolute atomic E-state index is 0.0830. The highest BCUT2D eigenvalue weighted by atomic mass is 35.5. The van der Waals surface area contributed by atoms with Gasteiger partial charge in [0.15, 0.2) is 0 Å². The van der Waals surface area contributed by atoms with Crippen molar-refractivity contribution in [2.24, 2.45) is 0 Å². The number of carbonyl (C=O) groups excluding carboxylic acids is 1. The van der Waals surface area contributed by atoms with E-state index in [2.05, 4.69) is 4.98 Å². The molecule has 0 aliphatic carbocycles. The van der Waals surface area contributed by atoms with E-state index in [-0.39, 0.29) is 41.3 Å². The molecule has 1 saturated heterocycles. The van der Waals surface area contributed by atoms with Crippen LogP contribution in [-0.2, 0) is 20.6 Å². The summed E-state index contributed by atoms with van der Waals surface area (Å²) < 4.78 is 16.0. The quantitative estimate of drug-likeness (QED) is 0.219. The molecule has 14 heteroatoms. The molecule has 4 atom stereocenters. The van der Waals surface area contributed by atoms with E-state index in [0.29, 0.717) is 0 Å². The van der Waals surface area contributed by atoms with Crippen molar-refractivity contribution in [1.82, 2.24) is 9.55 Å². The zero-order chi connectivity index (χ0) is 24.3. The summed E-state index contributed by atoms with van der Waals surface area (Å²) in [5.74, 6) is 0. The molecule has 2 aromatic rings. The van der Waals surface area contributed by atoms with Crippen molar-refractivity contribution in [3.63, 3.8) is 0 Å². The molecular weight excluding hydrogens is 466 g/mol. The first-order chi connectivity index (χ1) is 15.6. The van der Waals surface area contributed by atoms with Crippen LogP contribution in [0.3, 0.4) is 0 Å². The molecule has 178 valence electrons. The normalized spacial score (nSPS) is 20.9. The molecule has 1 fully saturated rings. The summed E-state index contributed by atoms with van der Waals surface area (Å²) >= 11 is 5.96. The van der Waals surface area contributed by atoms with Gasteiger partial charge in [-0.15, -0.1) is 0 Å². The van der Waals surface area contributed by atoms with Gasteiger partial charge in [0.1, 0.15) is 12.3 Å². The molecule has 0 saturated carbocycles. The number of nitrogens with one attached hydrogen (secondary N) is 1. The van der Waals surface area contributed by atoms with Gasteiger partial charge in [-0.1, -0.05) is 17.7 Å². The summed E-state index contributed by atoms with van der Waals surface area (Å²) in [6.07, 6.45) is -5.93. The standard InChI is InChI=1S/C19H20ClN3O10/c1-9-8-22(18(27)21-16(9)25)14-7-13(24)15(32-14)17(26)33-19(28)31-6-5-10-11(20)3-2-4-12(10)23(29)30/h2-4,8,13-15,17,24,26H,5-7H2,1H3,(H,21,25,27)/t13?,14-,15+,17?/m1/s1. The number of nitro benzene ring substituents is 1. The summed E-state index contributed by atoms with van der Waals surface area (Å²) in [7, 11) is 0. The van der Waals surface area contributed by atoms with Crippen molar-refractivity contribution < 1.29 is 34.1 Å². The molecule has 33 heavy (non-hydrogen) atoms. The van der Waals surface area contributed by atoms with Crippen LogP contribution in [0, 0.1) is 17.0 Å². The van der Waals surface area contributed by atoms with Gasteiger partial charge in [0.05, 0.1) is 28.2 Å². The molecule has 0 bridgehead atoms. The summed E-state index contributed by atoms with van der Waals surface area (Å²) in [6, 6.07) is 4.13. The maximum Gasteiger partial charge on any atom is 0.510 e. The summed E-state index contributed by atoms with van der Waals surface area (Å²) in [5, 5.41) is 31.5. The molecule has 0 spiro atoms. The van der Waals surface area contributed by atoms with Crippen LogP contribution < -0.4 is 11.2 Å². The van der Waals surface area contributed by atoms with Gasteiger partial charge in [-0.2, -0.15) is 0 Å². The summed E-state index contributed by atoms with van der Waals surface area (Å²) in [5.41, 5.74) is -1.18. The second kappa shape index (κ2) is 10.1. The maximum absolute atomic E-state index is 12.0. The smallest absolute Gasteiger partial charge is 0.434 e. The summed E-state index contributed by atoms with van der Waals surface area (Å²) in [4.78, 5) is 48.0. The van der Waals surface area contributed by atoms with Crippen LogP contribution in [0.1, 0.15) is 23.8 Å². The van der Waals surface area contributed by atoms with Crippen molar-refractivity contribution in [1.29, 1.82) is 0 Å². The van der Waals surface area contributed by atoms with Gasteiger partial charge in [0, 0.05) is 30.7 Å². The Hall–Kier alpha value is -3.26. The molecule has 0 radical (unpaired) electrons. The van der Waals surface area contributed by atoms with E-state index in [1.807, 2.05) is 0 Å². The number of rotatable bonds is 7. The average Bonchev–Trinajstić information content (AvgIpc) is 3.13. The van der Waals surface area contributed by atoms with Gasteiger partial charge < -0.3 is 24.4 Å². The van der Waals surface area contributed by atoms with Crippen molar-refractivity contribution >= 4 is 23.4 Å². The molecular formula is C19H20ClN3O10. The van der Waals surface area contributed by atoms with Crippen molar-refractivity contribution in [3.05, 3.63) is 71.5 Å². The van der Waals surface area contributed by atoms with E-state index in [1.165, 1.54) is 31.3 Å². The molecule has 1 aliphatic heterocycles. The molecule has 3 N–H and O–H groups in total. The van der Waals surface area contributed by atoms with E-state index in [4.69, 9.17) is 25.8 Å². The highest BCUT2D eigenvalue weighted by molar-refractivity contribution is 6.31. The van der Waals surface area contributed by atoms with Gasteiger partial charge in [-0.25, -0.2) is 9.59 Å². The zero-order valence-electron chi connectivity index (χ0n) is 17.2. The van der Waals surface area contributed by atoms with E-state index < -0.39 is 47.1 Å². The lowest BCUT2D eigenvalue weighted by Crippen LogP contribution is -2.38. The molecule has 1 aromatic carbocycles.